The lowest BCUT2D eigenvalue weighted by Gasteiger charge is -2.28. The minimum atomic E-state index is 0.506. The van der Waals surface area contributed by atoms with Gasteiger partial charge in [-0.05, 0) is 37.0 Å². The van der Waals surface area contributed by atoms with Gasteiger partial charge >= 0.3 is 0 Å². The Kier molecular flexibility index (Phi) is 5.79. The van der Waals surface area contributed by atoms with Gasteiger partial charge in [0.25, 0.3) is 0 Å². The van der Waals surface area contributed by atoms with Crippen LogP contribution in [0.25, 0.3) is 0 Å². The fourth-order valence-electron chi connectivity index (χ4n) is 2.15. The van der Waals surface area contributed by atoms with Crippen molar-refractivity contribution in [2.75, 3.05) is 26.5 Å². The van der Waals surface area contributed by atoms with Gasteiger partial charge in [-0.25, -0.2) is 0 Å². The molecule has 0 spiro atoms. The number of nitrogens with one attached hydrogen (secondary N) is 1. The molecular formula is C16H24N2O2S. The largest absolute Gasteiger partial charge is 0.493 e. The number of amidine groups is 1. The Hall–Kier alpha value is -1.36. The van der Waals surface area contributed by atoms with Crippen LogP contribution in [-0.2, 0) is 6.42 Å². The molecule has 0 radical (unpaired) electrons. The van der Waals surface area contributed by atoms with Gasteiger partial charge in [0.05, 0.1) is 14.2 Å². The minimum absolute atomic E-state index is 0.506. The van der Waals surface area contributed by atoms with Gasteiger partial charge in [0, 0.05) is 18.3 Å². The summed E-state index contributed by atoms with van der Waals surface area (Å²) in [6.45, 7) is 5.27. The SMILES string of the molecule is COc1ccc(CCN=C2NC(C)C(C)CS2)cc1OC. The molecular weight excluding hydrogens is 284 g/mol. The first-order chi connectivity index (χ1) is 10.1. The molecule has 1 heterocycles. The second-order valence-corrected chi connectivity index (χ2v) is 6.36. The highest BCUT2D eigenvalue weighted by Gasteiger charge is 2.20. The molecule has 2 atom stereocenters. The van der Waals surface area contributed by atoms with E-state index in [0.717, 1.165) is 35.4 Å². The molecule has 1 aromatic rings. The second kappa shape index (κ2) is 7.59. The van der Waals surface area contributed by atoms with E-state index in [1.807, 2.05) is 23.9 Å². The maximum absolute atomic E-state index is 5.32. The van der Waals surface area contributed by atoms with E-state index in [2.05, 4.69) is 30.2 Å². The van der Waals surface area contributed by atoms with Gasteiger partial charge in [-0.2, -0.15) is 0 Å². The highest BCUT2D eigenvalue weighted by atomic mass is 32.2. The lowest BCUT2D eigenvalue weighted by atomic mass is 10.1. The lowest BCUT2D eigenvalue weighted by molar-refractivity contribution is 0.354. The van der Waals surface area contributed by atoms with Crippen LogP contribution in [0.15, 0.2) is 23.2 Å². The summed E-state index contributed by atoms with van der Waals surface area (Å²) in [5.41, 5.74) is 1.21. The Balaban J connectivity index is 1.91. The van der Waals surface area contributed by atoms with Crippen molar-refractivity contribution in [1.29, 1.82) is 0 Å². The molecule has 5 heteroatoms. The first kappa shape index (κ1) is 16.0. The fourth-order valence-corrected chi connectivity index (χ4v) is 3.31. The van der Waals surface area contributed by atoms with Gasteiger partial charge in [0.15, 0.2) is 16.7 Å². The number of thioether (sulfide) groups is 1. The summed E-state index contributed by atoms with van der Waals surface area (Å²) >= 11 is 1.82. The molecule has 0 amide bonds. The molecule has 0 aromatic heterocycles. The average Bonchev–Trinajstić information content (AvgIpc) is 2.50. The molecule has 0 bridgehead atoms. The third-order valence-electron chi connectivity index (χ3n) is 3.79. The Morgan fingerprint density at radius 3 is 2.67 bits per heavy atom. The first-order valence-electron chi connectivity index (χ1n) is 7.28. The molecule has 1 aromatic carbocycles. The van der Waals surface area contributed by atoms with Crippen LogP contribution in [0.4, 0.5) is 0 Å². The topological polar surface area (TPSA) is 42.8 Å². The number of rotatable bonds is 5. The zero-order valence-electron chi connectivity index (χ0n) is 13.2. The monoisotopic (exact) mass is 308 g/mol. The third kappa shape index (κ3) is 4.30. The number of ether oxygens (including phenoxy) is 2. The van der Waals surface area contributed by atoms with Gasteiger partial charge in [-0.3, -0.25) is 4.99 Å². The average molecular weight is 308 g/mol. The normalized spacial score (nSPS) is 23.7. The van der Waals surface area contributed by atoms with Gasteiger partial charge in [-0.15, -0.1) is 0 Å². The Morgan fingerprint density at radius 1 is 1.24 bits per heavy atom. The quantitative estimate of drug-likeness (QED) is 0.908. The van der Waals surface area contributed by atoms with Crippen molar-refractivity contribution in [2.24, 2.45) is 10.9 Å². The Labute approximate surface area is 131 Å². The zero-order valence-corrected chi connectivity index (χ0v) is 14.0. The summed E-state index contributed by atoms with van der Waals surface area (Å²) < 4.78 is 10.6. The maximum atomic E-state index is 5.32. The van der Waals surface area contributed by atoms with Crippen LogP contribution in [0.2, 0.25) is 0 Å². The summed E-state index contributed by atoms with van der Waals surface area (Å²) in [6, 6.07) is 6.53. The number of hydrogen-bond acceptors (Lipinski definition) is 4. The van der Waals surface area contributed by atoms with Crippen LogP contribution in [0, 0.1) is 5.92 Å². The molecule has 2 rings (SSSR count). The molecule has 2 unspecified atom stereocenters. The molecule has 116 valence electrons. The molecule has 1 aliphatic rings. The van der Waals surface area contributed by atoms with Crippen LogP contribution in [-0.4, -0.2) is 37.7 Å². The Morgan fingerprint density at radius 2 is 2.00 bits per heavy atom. The van der Waals surface area contributed by atoms with Crippen LogP contribution in [0.1, 0.15) is 19.4 Å². The molecule has 21 heavy (non-hydrogen) atoms. The third-order valence-corrected chi connectivity index (χ3v) is 5.00. The van der Waals surface area contributed by atoms with E-state index < -0.39 is 0 Å². The minimum Gasteiger partial charge on any atom is -0.493 e. The van der Waals surface area contributed by atoms with Crippen LogP contribution >= 0.6 is 11.8 Å². The summed E-state index contributed by atoms with van der Waals surface area (Å²) in [5, 5.41) is 4.53. The summed E-state index contributed by atoms with van der Waals surface area (Å²) in [4.78, 5) is 4.66. The van der Waals surface area contributed by atoms with Crippen molar-refractivity contribution in [3.8, 4) is 11.5 Å². The highest BCUT2D eigenvalue weighted by molar-refractivity contribution is 8.13. The van der Waals surface area contributed by atoms with Crippen molar-refractivity contribution >= 4 is 16.9 Å². The predicted molar refractivity (Wildman–Crippen MR) is 89.8 cm³/mol. The molecule has 1 fully saturated rings. The van der Waals surface area contributed by atoms with Gasteiger partial charge in [0.1, 0.15) is 0 Å². The van der Waals surface area contributed by atoms with Crippen molar-refractivity contribution < 1.29 is 9.47 Å². The highest BCUT2D eigenvalue weighted by Crippen LogP contribution is 2.27. The van der Waals surface area contributed by atoms with E-state index in [1.165, 1.54) is 5.56 Å². The fraction of sp³-hybridized carbons (Fsp3) is 0.562. The summed E-state index contributed by atoms with van der Waals surface area (Å²) in [5.74, 6) is 3.37. The number of nitrogens with zero attached hydrogens (tertiary/aromatic N) is 1. The molecule has 4 nitrogen and oxygen atoms in total. The molecule has 1 saturated heterocycles. The van der Waals surface area contributed by atoms with E-state index in [0.29, 0.717) is 12.0 Å². The van der Waals surface area contributed by atoms with E-state index in [-0.39, 0.29) is 0 Å². The predicted octanol–water partition coefficient (Wildman–Crippen LogP) is 2.96. The molecule has 1 aliphatic heterocycles. The number of benzene rings is 1. The standard InChI is InChI=1S/C16H24N2O2S/c1-11-10-21-16(18-12(11)2)17-8-7-13-5-6-14(19-3)15(9-13)20-4/h5-6,9,11-12H,7-8,10H2,1-4H3,(H,17,18). The lowest BCUT2D eigenvalue weighted by Crippen LogP contribution is -2.41. The number of methoxy groups -OCH3 is 2. The molecule has 0 saturated carbocycles. The van der Waals surface area contributed by atoms with Gasteiger partial charge in [-0.1, -0.05) is 24.8 Å². The first-order valence-corrected chi connectivity index (χ1v) is 8.27. The number of aliphatic imine (C=N–C) groups is 1. The summed E-state index contributed by atoms with van der Waals surface area (Å²) in [6.07, 6.45) is 0.899. The maximum Gasteiger partial charge on any atom is 0.160 e. The number of hydrogen-bond donors (Lipinski definition) is 1. The van der Waals surface area contributed by atoms with Crippen LogP contribution < -0.4 is 14.8 Å². The Bertz CT molecular complexity index is 505. The summed E-state index contributed by atoms with van der Waals surface area (Å²) in [7, 11) is 3.31. The smallest absolute Gasteiger partial charge is 0.160 e. The van der Waals surface area contributed by atoms with Crippen molar-refractivity contribution in [2.45, 2.75) is 26.3 Å². The van der Waals surface area contributed by atoms with Gasteiger partial charge < -0.3 is 14.8 Å². The van der Waals surface area contributed by atoms with E-state index in [1.54, 1.807) is 14.2 Å². The van der Waals surface area contributed by atoms with Gasteiger partial charge in [0.2, 0.25) is 0 Å². The van der Waals surface area contributed by atoms with Crippen molar-refractivity contribution in [3.05, 3.63) is 23.8 Å². The van der Waals surface area contributed by atoms with Crippen molar-refractivity contribution in [3.63, 3.8) is 0 Å². The molecule has 0 aliphatic carbocycles. The van der Waals surface area contributed by atoms with E-state index in [4.69, 9.17) is 9.47 Å². The van der Waals surface area contributed by atoms with E-state index in [9.17, 15) is 0 Å². The van der Waals surface area contributed by atoms with Crippen LogP contribution in [0.5, 0.6) is 11.5 Å². The zero-order chi connectivity index (χ0) is 15.2. The van der Waals surface area contributed by atoms with Crippen molar-refractivity contribution in [1.82, 2.24) is 5.32 Å². The second-order valence-electron chi connectivity index (χ2n) is 5.35. The van der Waals surface area contributed by atoms with Crippen LogP contribution in [0.3, 0.4) is 0 Å². The van der Waals surface area contributed by atoms with E-state index >= 15 is 0 Å². The molecule has 1 N–H and O–H groups in total.